The van der Waals surface area contributed by atoms with Gasteiger partial charge in [0, 0.05) is 17.6 Å². The van der Waals surface area contributed by atoms with Gasteiger partial charge < -0.3 is 5.32 Å². The van der Waals surface area contributed by atoms with E-state index in [9.17, 15) is 0 Å². The lowest BCUT2D eigenvalue weighted by molar-refractivity contribution is 0.575. The lowest BCUT2D eigenvalue weighted by Crippen LogP contribution is -2.18. The topological polar surface area (TPSA) is 12.0 Å². The Morgan fingerprint density at radius 1 is 0.905 bits per heavy atom. The third-order valence-corrected chi connectivity index (χ3v) is 4.14. The smallest absolute Gasteiger partial charge is 0.0453 e. The van der Waals surface area contributed by atoms with E-state index in [1.807, 2.05) is 18.2 Å². The molecule has 1 atom stereocenters. The molecule has 0 spiro atoms. The third kappa shape index (κ3) is 3.26. The van der Waals surface area contributed by atoms with Crippen molar-refractivity contribution >= 4 is 22.4 Å². The molecule has 0 aliphatic rings. The minimum atomic E-state index is 0.227. The molecular formula is C19H18ClN. The summed E-state index contributed by atoms with van der Waals surface area (Å²) in [5, 5.41) is 6.91. The monoisotopic (exact) mass is 295 g/mol. The van der Waals surface area contributed by atoms with Gasteiger partial charge >= 0.3 is 0 Å². The van der Waals surface area contributed by atoms with Crippen LogP contribution in [0.5, 0.6) is 0 Å². The summed E-state index contributed by atoms with van der Waals surface area (Å²) in [5.41, 5.74) is 2.42. The lowest BCUT2D eigenvalue weighted by atomic mass is 10.1. The van der Waals surface area contributed by atoms with E-state index in [4.69, 9.17) is 11.6 Å². The van der Waals surface area contributed by atoms with Crippen LogP contribution in [0, 0.1) is 0 Å². The highest BCUT2D eigenvalue weighted by Gasteiger charge is 2.08. The minimum absolute atomic E-state index is 0.227. The summed E-state index contributed by atoms with van der Waals surface area (Å²) in [6.45, 7) is 2.97. The summed E-state index contributed by atoms with van der Waals surface area (Å²) >= 11 is 6.24. The SMILES string of the molecule is C[C@H](NCc1ccc2ccccc2c1)c1ccccc1Cl. The van der Waals surface area contributed by atoms with E-state index in [1.54, 1.807) is 0 Å². The largest absolute Gasteiger partial charge is 0.306 e. The van der Waals surface area contributed by atoms with Gasteiger partial charge in [-0.1, -0.05) is 66.2 Å². The van der Waals surface area contributed by atoms with E-state index < -0.39 is 0 Å². The van der Waals surface area contributed by atoms with Crippen LogP contribution in [0.25, 0.3) is 10.8 Å². The van der Waals surface area contributed by atoms with Crippen molar-refractivity contribution < 1.29 is 0 Å². The van der Waals surface area contributed by atoms with Crippen LogP contribution in [0.4, 0.5) is 0 Å². The van der Waals surface area contributed by atoms with Crippen molar-refractivity contribution in [3.63, 3.8) is 0 Å². The van der Waals surface area contributed by atoms with Crippen LogP contribution in [0.2, 0.25) is 5.02 Å². The van der Waals surface area contributed by atoms with Gasteiger partial charge in [-0.15, -0.1) is 0 Å². The molecule has 0 saturated heterocycles. The molecule has 0 amide bonds. The third-order valence-electron chi connectivity index (χ3n) is 3.80. The fourth-order valence-corrected chi connectivity index (χ4v) is 2.86. The molecule has 0 aromatic heterocycles. The number of halogens is 1. The average Bonchev–Trinajstić information content (AvgIpc) is 2.53. The van der Waals surface area contributed by atoms with E-state index >= 15 is 0 Å². The first-order valence-electron chi connectivity index (χ1n) is 7.19. The second-order valence-corrected chi connectivity index (χ2v) is 5.71. The van der Waals surface area contributed by atoms with Crippen LogP contribution >= 0.6 is 11.6 Å². The Balaban J connectivity index is 1.73. The van der Waals surface area contributed by atoms with Crippen molar-refractivity contribution in [3.05, 3.63) is 82.9 Å². The van der Waals surface area contributed by atoms with Gasteiger partial charge in [0.25, 0.3) is 0 Å². The molecule has 0 unspecified atom stereocenters. The fourth-order valence-electron chi connectivity index (χ4n) is 2.56. The maximum atomic E-state index is 6.24. The van der Waals surface area contributed by atoms with Gasteiger partial charge in [-0.25, -0.2) is 0 Å². The van der Waals surface area contributed by atoms with Crippen LogP contribution in [0.1, 0.15) is 24.1 Å². The summed E-state index contributed by atoms with van der Waals surface area (Å²) in [5.74, 6) is 0. The second-order valence-electron chi connectivity index (χ2n) is 5.31. The molecule has 1 N–H and O–H groups in total. The molecule has 0 fully saturated rings. The molecule has 0 aliphatic carbocycles. The highest BCUT2D eigenvalue weighted by molar-refractivity contribution is 6.31. The molecule has 0 heterocycles. The van der Waals surface area contributed by atoms with Crippen molar-refractivity contribution in [2.45, 2.75) is 19.5 Å². The Hall–Kier alpha value is -1.83. The normalized spacial score (nSPS) is 12.5. The predicted molar refractivity (Wildman–Crippen MR) is 90.7 cm³/mol. The lowest BCUT2D eigenvalue weighted by Gasteiger charge is -2.16. The van der Waals surface area contributed by atoms with Gasteiger partial charge in [-0.3, -0.25) is 0 Å². The first-order chi connectivity index (χ1) is 10.2. The molecule has 21 heavy (non-hydrogen) atoms. The molecule has 106 valence electrons. The van der Waals surface area contributed by atoms with Gasteiger partial charge in [0.1, 0.15) is 0 Å². The first-order valence-corrected chi connectivity index (χ1v) is 7.57. The zero-order chi connectivity index (χ0) is 14.7. The van der Waals surface area contributed by atoms with Gasteiger partial charge in [-0.2, -0.15) is 0 Å². The van der Waals surface area contributed by atoms with Crippen LogP contribution < -0.4 is 5.32 Å². The fraction of sp³-hybridized carbons (Fsp3) is 0.158. The summed E-state index contributed by atoms with van der Waals surface area (Å²) < 4.78 is 0. The molecular weight excluding hydrogens is 278 g/mol. The maximum Gasteiger partial charge on any atom is 0.0453 e. The predicted octanol–water partition coefficient (Wildman–Crippen LogP) is 5.34. The van der Waals surface area contributed by atoms with Crippen molar-refractivity contribution in [2.24, 2.45) is 0 Å². The number of benzene rings is 3. The van der Waals surface area contributed by atoms with Crippen LogP contribution in [0.3, 0.4) is 0 Å². The zero-order valence-corrected chi connectivity index (χ0v) is 12.8. The van der Waals surface area contributed by atoms with E-state index in [0.717, 1.165) is 17.1 Å². The molecule has 2 heteroatoms. The van der Waals surface area contributed by atoms with E-state index in [1.165, 1.54) is 16.3 Å². The van der Waals surface area contributed by atoms with Gasteiger partial charge in [0.05, 0.1) is 0 Å². The molecule has 3 aromatic rings. The summed E-state index contributed by atoms with van der Waals surface area (Å²) in [6.07, 6.45) is 0. The second kappa shape index (κ2) is 6.30. The highest BCUT2D eigenvalue weighted by atomic mass is 35.5. The quantitative estimate of drug-likeness (QED) is 0.684. The van der Waals surface area contributed by atoms with Gasteiger partial charge in [-0.05, 0) is 41.0 Å². The van der Waals surface area contributed by atoms with Crippen molar-refractivity contribution in [2.75, 3.05) is 0 Å². The Bertz CT molecular complexity index is 751. The Kier molecular flexibility index (Phi) is 4.23. The molecule has 0 aliphatic heterocycles. The number of rotatable bonds is 4. The summed E-state index contributed by atoms with van der Waals surface area (Å²) in [4.78, 5) is 0. The molecule has 0 saturated carbocycles. The average molecular weight is 296 g/mol. The van der Waals surface area contributed by atoms with Crippen molar-refractivity contribution in [1.29, 1.82) is 0 Å². The number of hydrogen-bond donors (Lipinski definition) is 1. The first kappa shape index (κ1) is 14.1. The summed E-state index contributed by atoms with van der Waals surface area (Å²) in [7, 11) is 0. The molecule has 3 aromatic carbocycles. The number of nitrogens with one attached hydrogen (secondary N) is 1. The van der Waals surface area contributed by atoms with E-state index in [0.29, 0.717) is 0 Å². The molecule has 3 rings (SSSR count). The van der Waals surface area contributed by atoms with E-state index in [2.05, 4.69) is 60.8 Å². The van der Waals surface area contributed by atoms with Crippen molar-refractivity contribution in [3.8, 4) is 0 Å². The Labute approximate surface area is 130 Å². The molecule has 1 nitrogen and oxygen atoms in total. The van der Waals surface area contributed by atoms with Crippen LogP contribution in [0.15, 0.2) is 66.7 Å². The number of fused-ring (bicyclic) bond motifs is 1. The van der Waals surface area contributed by atoms with Gasteiger partial charge in [0.15, 0.2) is 0 Å². The maximum absolute atomic E-state index is 6.24. The number of hydrogen-bond acceptors (Lipinski definition) is 1. The minimum Gasteiger partial charge on any atom is -0.306 e. The summed E-state index contributed by atoms with van der Waals surface area (Å²) in [6, 6.07) is 23.2. The molecule has 0 radical (unpaired) electrons. The zero-order valence-electron chi connectivity index (χ0n) is 12.0. The van der Waals surface area contributed by atoms with Gasteiger partial charge in [0.2, 0.25) is 0 Å². The van der Waals surface area contributed by atoms with Crippen LogP contribution in [-0.2, 0) is 6.54 Å². The highest BCUT2D eigenvalue weighted by Crippen LogP contribution is 2.23. The Morgan fingerprint density at radius 2 is 1.62 bits per heavy atom. The van der Waals surface area contributed by atoms with E-state index in [-0.39, 0.29) is 6.04 Å². The standard InChI is InChI=1S/C19H18ClN/c1-14(18-8-4-5-9-19(18)20)21-13-15-10-11-16-6-2-3-7-17(16)12-15/h2-12,14,21H,13H2,1H3/t14-/m0/s1. The van der Waals surface area contributed by atoms with Crippen LogP contribution in [-0.4, -0.2) is 0 Å². The Morgan fingerprint density at radius 3 is 2.43 bits per heavy atom. The molecule has 0 bridgehead atoms. The van der Waals surface area contributed by atoms with Crippen molar-refractivity contribution in [1.82, 2.24) is 5.32 Å².